The van der Waals surface area contributed by atoms with E-state index in [1.54, 1.807) is 0 Å². The average Bonchev–Trinajstić information content (AvgIpc) is 4.19. The number of aryl methyl sites for hydroxylation is 6. The Balaban J connectivity index is 0.000000237. The van der Waals surface area contributed by atoms with Gasteiger partial charge in [0.2, 0.25) is 0 Å². The predicted octanol–water partition coefficient (Wildman–Crippen LogP) is 21.1. The number of anilines is 3. The molecular formula is C75H63NS. The Kier molecular flexibility index (Phi) is 14.3. The summed E-state index contributed by atoms with van der Waals surface area (Å²) in [5.41, 5.74) is 21.0. The lowest BCUT2D eigenvalue weighted by Crippen LogP contribution is -2.28. The number of benzene rings is 11. The lowest BCUT2D eigenvalue weighted by molar-refractivity contribution is 0.768. The zero-order valence-electron chi connectivity index (χ0n) is 44.9. The number of hydrogen-bond donors (Lipinski definition) is 0. The van der Waals surface area contributed by atoms with Crippen LogP contribution in [-0.4, -0.2) is 0 Å². The molecule has 13 rings (SSSR count). The van der Waals surface area contributed by atoms with E-state index in [4.69, 9.17) is 0 Å². The van der Waals surface area contributed by atoms with Gasteiger partial charge in [0.15, 0.2) is 0 Å². The van der Waals surface area contributed by atoms with Crippen LogP contribution in [0, 0.1) is 41.5 Å². The highest BCUT2D eigenvalue weighted by Gasteiger charge is 2.47. The van der Waals surface area contributed by atoms with Gasteiger partial charge in [-0.1, -0.05) is 247 Å². The lowest BCUT2D eigenvalue weighted by Gasteiger charge is -2.34. The summed E-state index contributed by atoms with van der Waals surface area (Å²) in [6.07, 6.45) is 5.97. The lowest BCUT2D eigenvalue weighted by atomic mass is 9.67. The topological polar surface area (TPSA) is 3.24 Å². The van der Waals surface area contributed by atoms with E-state index < -0.39 is 5.41 Å². The van der Waals surface area contributed by atoms with Crippen LogP contribution in [0.25, 0.3) is 60.0 Å². The van der Waals surface area contributed by atoms with Crippen molar-refractivity contribution in [2.45, 2.75) is 47.0 Å². The molecule has 0 saturated carbocycles. The predicted molar refractivity (Wildman–Crippen MR) is 335 cm³/mol. The van der Waals surface area contributed by atoms with E-state index in [0.29, 0.717) is 0 Å². The van der Waals surface area contributed by atoms with E-state index in [1.807, 2.05) is 41.7 Å². The third kappa shape index (κ3) is 9.52. The van der Waals surface area contributed by atoms with Crippen molar-refractivity contribution < 1.29 is 0 Å². The van der Waals surface area contributed by atoms with Crippen molar-refractivity contribution in [3.05, 3.63) is 322 Å². The minimum atomic E-state index is -0.499. The van der Waals surface area contributed by atoms with Crippen LogP contribution >= 0.6 is 11.3 Å². The Morgan fingerprint density at radius 1 is 0.416 bits per heavy atom. The van der Waals surface area contributed by atoms with E-state index >= 15 is 0 Å². The molecular weight excluding hydrogens is 947 g/mol. The quantitative estimate of drug-likeness (QED) is 0.137. The number of hydrogen-bond acceptors (Lipinski definition) is 2. The van der Waals surface area contributed by atoms with Gasteiger partial charge in [-0.2, -0.15) is 0 Å². The van der Waals surface area contributed by atoms with Crippen molar-refractivity contribution in [2.24, 2.45) is 0 Å². The van der Waals surface area contributed by atoms with Crippen molar-refractivity contribution in [3.63, 3.8) is 0 Å². The zero-order chi connectivity index (χ0) is 53.0. The second kappa shape index (κ2) is 21.8. The van der Waals surface area contributed by atoms with Gasteiger partial charge in [-0.25, -0.2) is 0 Å². The number of thiophene rings is 1. The third-order valence-corrected chi connectivity index (χ3v) is 16.3. The molecule has 1 heterocycles. The number of nitrogens with zero attached hydrogens (tertiary/aromatic N) is 1. The number of rotatable bonds is 8. The highest BCUT2D eigenvalue weighted by molar-refractivity contribution is 7.19. The maximum absolute atomic E-state index is 3.71. The molecule has 0 saturated heterocycles. The van der Waals surface area contributed by atoms with Gasteiger partial charge >= 0.3 is 0 Å². The summed E-state index contributed by atoms with van der Waals surface area (Å²) in [5, 5.41) is 6.37. The molecule has 374 valence electrons. The summed E-state index contributed by atoms with van der Waals surface area (Å²) in [6, 6.07) is 89.1. The normalized spacial score (nSPS) is 12.1. The Morgan fingerprint density at radius 2 is 0.922 bits per heavy atom. The molecule has 1 aliphatic rings. The monoisotopic (exact) mass is 1010 g/mol. The van der Waals surface area contributed by atoms with Crippen molar-refractivity contribution in [1.29, 1.82) is 0 Å². The molecule has 0 atom stereocenters. The average molecular weight is 1010 g/mol. The van der Waals surface area contributed by atoms with Crippen molar-refractivity contribution >= 4 is 66.1 Å². The minimum Gasteiger partial charge on any atom is -0.310 e. The molecule has 0 fully saturated rings. The van der Waals surface area contributed by atoms with Crippen LogP contribution < -0.4 is 4.90 Å². The van der Waals surface area contributed by atoms with Crippen LogP contribution in [0.2, 0.25) is 0 Å². The van der Waals surface area contributed by atoms with Gasteiger partial charge < -0.3 is 4.90 Å². The van der Waals surface area contributed by atoms with Gasteiger partial charge in [-0.15, -0.1) is 11.3 Å². The third-order valence-electron chi connectivity index (χ3n) is 15.2. The fourth-order valence-corrected chi connectivity index (χ4v) is 12.7. The molecule has 0 spiro atoms. The maximum atomic E-state index is 3.71. The molecule has 0 bridgehead atoms. The number of fused-ring (bicyclic) bond motifs is 7. The smallest absolute Gasteiger partial charge is 0.0714 e. The second-order valence-electron chi connectivity index (χ2n) is 20.4. The molecule has 0 amide bonds. The van der Waals surface area contributed by atoms with E-state index in [9.17, 15) is 0 Å². The minimum absolute atomic E-state index is 0.499. The fraction of sp³-hybridized carbons (Fsp3) is 0.0933. The van der Waals surface area contributed by atoms with Crippen LogP contribution in [0.3, 0.4) is 0 Å². The van der Waals surface area contributed by atoms with Gasteiger partial charge in [-0.3, -0.25) is 0 Å². The molecule has 1 aliphatic carbocycles. The highest BCUT2D eigenvalue weighted by Crippen LogP contribution is 2.59. The van der Waals surface area contributed by atoms with Crippen LogP contribution in [0.1, 0.15) is 60.5 Å². The van der Waals surface area contributed by atoms with Gasteiger partial charge in [-0.05, 0) is 156 Å². The highest BCUT2D eigenvalue weighted by atomic mass is 32.1. The standard InChI is InChI=1S/C54H41N.C14H14S.C7H8/c1-36-22-27-41(28-23-36)55(42-29-24-37(2)25-30-42)52-33-32-45(43-18-10-12-20-46(43)52)49-35-51-53(47-21-13-11-19-44(47)49)48-31-26-38(3)34-50(48)54(51,39-14-6-4-7-15-39)40-16-8-5-9-17-40;1-4-5-8-12-11(3)15-13-9-6-7-10(2)14(12)13;1-7-5-3-2-4-6-7/h4-35H,1-3H3;4-9H,1H2,2-3H3;2-6H,1H3/b;8-5-;. The summed E-state index contributed by atoms with van der Waals surface area (Å²) in [6.45, 7) is 16.6. The molecule has 0 unspecified atom stereocenters. The van der Waals surface area contributed by atoms with Crippen LogP contribution in [0.4, 0.5) is 17.1 Å². The Hall–Kier alpha value is -8.82. The van der Waals surface area contributed by atoms with Gasteiger partial charge in [0, 0.05) is 31.7 Å². The van der Waals surface area contributed by atoms with E-state index in [-0.39, 0.29) is 0 Å². The number of allylic oxidation sites excluding steroid dienone is 2. The first-order chi connectivity index (χ1) is 37.6. The van der Waals surface area contributed by atoms with Crippen molar-refractivity contribution in [1.82, 2.24) is 0 Å². The Labute approximate surface area is 459 Å². The largest absolute Gasteiger partial charge is 0.310 e. The molecule has 0 N–H and O–H groups in total. The van der Waals surface area contributed by atoms with E-state index in [0.717, 1.165) is 17.1 Å². The van der Waals surface area contributed by atoms with Gasteiger partial charge in [0.05, 0.1) is 11.1 Å². The summed E-state index contributed by atoms with van der Waals surface area (Å²) in [5.74, 6) is 0. The maximum Gasteiger partial charge on any atom is 0.0714 e. The molecule has 11 aromatic carbocycles. The first kappa shape index (κ1) is 50.3. The Bertz CT molecular complexity index is 4000. The fourth-order valence-electron chi connectivity index (χ4n) is 11.6. The SMILES string of the molecule is C=C/C=C\c1c(C)sc2cccc(C)c12.Cc1ccc(N(c2ccc(C)cc2)c2ccc(-c3cc4c(c5ccccc35)-c3ccc(C)cc3C4(c3ccccc3)c3ccccc3)c3ccccc23)cc1.Cc1ccccc1. The van der Waals surface area contributed by atoms with E-state index in [1.165, 1.54) is 114 Å². The summed E-state index contributed by atoms with van der Waals surface area (Å²) >= 11 is 1.86. The molecule has 0 radical (unpaired) electrons. The molecule has 2 heteroatoms. The summed E-state index contributed by atoms with van der Waals surface area (Å²) < 4.78 is 1.37. The van der Waals surface area contributed by atoms with Crippen LogP contribution in [0.5, 0.6) is 0 Å². The Morgan fingerprint density at radius 3 is 1.49 bits per heavy atom. The summed E-state index contributed by atoms with van der Waals surface area (Å²) in [4.78, 5) is 3.78. The molecule has 12 aromatic rings. The first-order valence-corrected chi connectivity index (χ1v) is 27.5. The van der Waals surface area contributed by atoms with Crippen molar-refractivity contribution in [2.75, 3.05) is 4.90 Å². The zero-order valence-corrected chi connectivity index (χ0v) is 45.7. The molecule has 0 aliphatic heterocycles. The van der Waals surface area contributed by atoms with Crippen molar-refractivity contribution in [3.8, 4) is 22.3 Å². The van der Waals surface area contributed by atoms with Crippen LogP contribution in [-0.2, 0) is 5.41 Å². The van der Waals surface area contributed by atoms with E-state index in [2.05, 4.69) is 284 Å². The summed E-state index contributed by atoms with van der Waals surface area (Å²) in [7, 11) is 0. The first-order valence-electron chi connectivity index (χ1n) is 26.7. The molecule has 1 nitrogen and oxygen atoms in total. The van der Waals surface area contributed by atoms with Gasteiger partial charge in [0.25, 0.3) is 0 Å². The molecule has 1 aromatic heterocycles. The second-order valence-corrected chi connectivity index (χ2v) is 21.6. The van der Waals surface area contributed by atoms with Gasteiger partial charge in [0.1, 0.15) is 0 Å². The molecule has 77 heavy (non-hydrogen) atoms. The van der Waals surface area contributed by atoms with Crippen LogP contribution in [0.15, 0.2) is 261 Å².